The SMILES string of the molecule is O=[N+]([O-])C1C(C(Cl)(Cl)Cl)N1c1ccc(-c2ccc(N3C([N+](=O)[O-])C3C(Cl)(Cl)Cl)cc2)cc1. The zero-order valence-corrected chi connectivity index (χ0v) is 20.2. The molecule has 0 saturated carbocycles. The standard InChI is InChI=1S/C18H12Cl6N4O4/c19-17(20,21)13-15(27(29)30)25(13)11-5-1-9(2-6-11)10-3-7-12(8-4-10)26-14(18(22,23)24)16(26)28(31)32/h1-8,13-16H. The highest BCUT2D eigenvalue weighted by Crippen LogP contribution is 2.50. The fraction of sp³-hybridized carbons (Fsp3) is 0.333. The molecule has 4 rings (SSSR count). The smallest absolute Gasteiger partial charge is 0.292 e. The van der Waals surface area contributed by atoms with Crippen molar-refractivity contribution in [3.8, 4) is 11.1 Å². The fourth-order valence-corrected chi connectivity index (χ4v) is 5.11. The fourth-order valence-electron chi connectivity index (χ4n) is 3.80. The van der Waals surface area contributed by atoms with Gasteiger partial charge in [0.15, 0.2) is 12.1 Å². The normalized spacial score (nSPS) is 24.9. The Hall–Kier alpha value is -1.42. The molecule has 32 heavy (non-hydrogen) atoms. The summed E-state index contributed by atoms with van der Waals surface area (Å²) in [5.74, 6) is 0. The Morgan fingerprint density at radius 3 is 1.09 bits per heavy atom. The quantitative estimate of drug-likeness (QED) is 0.202. The lowest BCUT2D eigenvalue weighted by atomic mass is 10.0. The maximum absolute atomic E-state index is 11.3. The van der Waals surface area contributed by atoms with Crippen molar-refractivity contribution in [2.75, 3.05) is 9.80 Å². The van der Waals surface area contributed by atoms with Gasteiger partial charge in [0.05, 0.1) is 0 Å². The van der Waals surface area contributed by atoms with Gasteiger partial charge in [-0.2, -0.15) is 0 Å². The van der Waals surface area contributed by atoms with Crippen molar-refractivity contribution in [3.63, 3.8) is 0 Å². The van der Waals surface area contributed by atoms with Crippen LogP contribution in [-0.2, 0) is 0 Å². The zero-order chi connectivity index (χ0) is 23.6. The molecule has 0 aliphatic carbocycles. The summed E-state index contributed by atoms with van der Waals surface area (Å²) in [5, 5.41) is 22.5. The summed E-state index contributed by atoms with van der Waals surface area (Å²) in [6.07, 6.45) is -2.22. The molecule has 4 unspecified atom stereocenters. The Morgan fingerprint density at radius 2 is 0.906 bits per heavy atom. The number of halogens is 6. The molecule has 2 aromatic carbocycles. The predicted molar refractivity (Wildman–Crippen MR) is 127 cm³/mol. The number of hydrogen-bond donors (Lipinski definition) is 0. The second kappa shape index (κ2) is 8.11. The first kappa shape index (κ1) is 23.7. The number of benzene rings is 2. The summed E-state index contributed by atoms with van der Waals surface area (Å²) >= 11 is 35.2. The number of anilines is 2. The maximum Gasteiger partial charge on any atom is 0.312 e. The Bertz CT molecular complexity index is 972. The Kier molecular flexibility index (Phi) is 6.01. The lowest BCUT2D eigenvalue weighted by Gasteiger charge is -2.11. The van der Waals surface area contributed by atoms with E-state index < -0.39 is 41.8 Å². The molecule has 14 heteroatoms. The van der Waals surface area contributed by atoms with Crippen LogP contribution in [0.25, 0.3) is 11.1 Å². The van der Waals surface area contributed by atoms with Crippen LogP contribution < -0.4 is 9.80 Å². The van der Waals surface area contributed by atoms with Crippen LogP contribution in [0.1, 0.15) is 0 Å². The molecule has 8 nitrogen and oxygen atoms in total. The molecule has 2 fully saturated rings. The number of rotatable bonds is 5. The summed E-state index contributed by atoms with van der Waals surface area (Å²) in [4.78, 5) is 24.4. The van der Waals surface area contributed by atoms with Gasteiger partial charge in [0.1, 0.15) is 0 Å². The molecule has 2 heterocycles. The molecule has 2 aromatic rings. The minimum Gasteiger partial charge on any atom is -0.292 e. The van der Waals surface area contributed by atoms with Crippen LogP contribution in [0.15, 0.2) is 48.5 Å². The van der Waals surface area contributed by atoms with Crippen molar-refractivity contribution in [1.82, 2.24) is 0 Å². The van der Waals surface area contributed by atoms with Gasteiger partial charge in [-0.1, -0.05) is 93.9 Å². The average Bonchev–Trinajstić information content (AvgIpc) is 3.58. The highest BCUT2D eigenvalue weighted by molar-refractivity contribution is 6.69. The minimum atomic E-state index is -1.80. The summed E-state index contributed by atoms with van der Waals surface area (Å²) < 4.78 is -3.59. The van der Waals surface area contributed by atoms with Crippen LogP contribution >= 0.6 is 69.6 Å². The van der Waals surface area contributed by atoms with Crippen molar-refractivity contribution in [1.29, 1.82) is 0 Å². The van der Waals surface area contributed by atoms with Gasteiger partial charge in [-0.3, -0.25) is 30.0 Å². The average molecular weight is 561 g/mol. The van der Waals surface area contributed by atoms with E-state index in [1.165, 1.54) is 9.80 Å². The van der Waals surface area contributed by atoms with Crippen LogP contribution in [0.2, 0.25) is 0 Å². The Labute approximate surface area is 211 Å². The third-order valence-corrected chi connectivity index (χ3v) is 6.66. The number of nitrogens with zero attached hydrogens (tertiary/aromatic N) is 4. The van der Waals surface area contributed by atoms with E-state index in [0.717, 1.165) is 11.1 Å². The van der Waals surface area contributed by atoms with Gasteiger partial charge in [-0.05, 0) is 35.4 Å². The first-order valence-corrected chi connectivity index (χ1v) is 11.3. The highest BCUT2D eigenvalue weighted by Gasteiger charge is 2.68. The summed E-state index contributed by atoms with van der Waals surface area (Å²) in [5.41, 5.74) is 2.73. The van der Waals surface area contributed by atoms with Gasteiger partial charge in [0, 0.05) is 21.2 Å². The van der Waals surface area contributed by atoms with Crippen LogP contribution in [0, 0.1) is 20.2 Å². The van der Waals surface area contributed by atoms with Crippen molar-refractivity contribution in [2.45, 2.75) is 32.0 Å². The van der Waals surface area contributed by atoms with Crippen molar-refractivity contribution in [2.24, 2.45) is 0 Å². The number of hydrogen-bond acceptors (Lipinski definition) is 6. The molecule has 0 N–H and O–H groups in total. The van der Waals surface area contributed by atoms with Gasteiger partial charge in [0.25, 0.3) is 0 Å². The van der Waals surface area contributed by atoms with Crippen molar-refractivity contribution >= 4 is 81.0 Å². The highest BCUT2D eigenvalue weighted by atomic mass is 35.6. The second-order valence-electron chi connectivity index (χ2n) is 7.28. The predicted octanol–water partition coefficient (Wildman–Crippen LogP) is 5.68. The zero-order valence-electron chi connectivity index (χ0n) is 15.6. The molecule has 2 saturated heterocycles. The monoisotopic (exact) mass is 558 g/mol. The van der Waals surface area contributed by atoms with Gasteiger partial charge in [-0.15, -0.1) is 0 Å². The molecule has 2 aliphatic rings. The third kappa shape index (κ3) is 4.36. The maximum atomic E-state index is 11.3. The molecule has 0 aromatic heterocycles. The van der Waals surface area contributed by atoms with E-state index in [1.54, 1.807) is 48.5 Å². The van der Waals surface area contributed by atoms with Crippen molar-refractivity contribution < 1.29 is 9.85 Å². The third-order valence-electron chi connectivity index (χ3n) is 5.32. The molecule has 0 radical (unpaired) electrons. The van der Waals surface area contributed by atoms with E-state index in [2.05, 4.69) is 0 Å². The largest absolute Gasteiger partial charge is 0.312 e. The summed E-state index contributed by atoms with van der Waals surface area (Å²) in [7, 11) is 0. The lowest BCUT2D eigenvalue weighted by Crippen LogP contribution is -2.19. The molecular weight excluding hydrogens is 549 g/mol. The first-order chi connectivity index (χ1) is 14.8. The molecule has 4 atom stereocenters. The van der Waals surface area contributed by atoms with E-state index >= 15 is 0 Å². The Balaban J connectivity index is 1.51. The Morgan fingerprint density at radius 1 is 0.625 bits per heavy atom. The molecule has 0 amide bonds. The first-order valence-electron chi connectivity index (χ1n) is 9.00. The van der Waals surface area contributed by atoms with Crippen LogP contribution in [0.3, 0.4) is 0 Å². The second-order valence-corrected chi connectivity index (χ2v) is 12.0. The van der Waals surface area contributed by atoms with Crippen LogP contribution in [0.4, 0.5) is 11.4 Å². The lowest BCUT2D eigenvalue weighted by molar-refractivity contribution is -0.495. The molecule has 0 bridgehead atoms. The summed E-state index contributed by atoms with van der Waals surface area (Å²) in [6.45, 7) is 0. The van der Waals surface area contributed by atoms with E-state index in [0.29, 0.717) is 11.4 Å². The van der Waals surface area contributed by atoms with Gasteiger partial charge in [0.2, 0.25) is 7.59 Å². The van der Waals surface area contributed by atoms with Crippen molar-refractivity contribution in [3.05, 3.63) is 68.8 Å². The molecular formula is C18H12Cl6N4O4. The topological polar surface area (TPSA) is 92.3 Å². The van der Waals surface area contributed by atoms with E-state index in [4.69, 9.17) is 69.6 Å². The van der Waals surface area contributed by atoms with E-state index in [9.17, 15) is 20.2 Å². The number of alkyl halides is 6. The molecule has 2 aliphatic heterocycles. The van der Waals surface area contributed by atoms with Gasteiger partial charge < -0.3 is 0 Å². The van der Waals surface area contributed by atoms with Crippen LogP contribution in [-0.4, -0.2) is 41.8 Å². The minimum absolute atomic E-state index is 0.491. The molecule has 0 spiro atoms. The number of nitro groups is 2. The van der Waals surface area contributed by atoms with Gasteiger partial charge in [-0.25, -0.2) is 0 Å². The summed E-state index contributed by atoms with van der Waals surface area (Å²) in [6, 6.07) is 12.2. The molecule has 170 valence electrons. The van der Waals surface area contributed by atoms with Gasteiger partial charge >= 0.3 is 12.3 Å². The van der Waals surface area contributed by atoms with Crippen LogP contribution in [0.5, 0.6) is 0 Å². The van der Waals surface area contributed by atoms with E-state index in [-0.39, 0.29) is 0 Å². The van der Waals surface area contributed by atoms with E-state index in [1.807, 2.05) is 0 Å².